The molecule has 2 aromatic rings. The Morgan fingerprint density at radius 1 is 0.964 bits per heavy atom. The van der Waals surface area contributed by atoms with Crippen LogP contribution in [0.1, 0.15) is 24.8 Å². The minimum atomic E-state index is -3.82. The predicted octanol–water partition coefficient (Wildman–Crippen LogP) is 2.87. The number of benzene rings is 2. The number of halogens is 1. The Bertz CT molecular complexity index is 893. The zero-order valence-electron chi connectivity index (χ0n) is 15.5. The molecular formula is C20H24FN3O3S. The highest BCUT2D eigenvalue weighted by Crippen LogP contribution is 2.22. The minimum absolute atomic E-state index is 0.138. The highest BCUT2D eigenvalue weighted by Gasteiger charge is 2.17. The molecule has 8 heteroatoms. The third kappa shape index (κ3) is 5.95. The SMILES string of the molecule is O=C(CS(=O)(=O)Nc1ccc(N2CCCCC2)cc1)NCc1ccc(F)cc1. The average Bonchev–Trinajstić information content (AvgIpc) is 2.68. The molecule has 0 unspecified atom stereocenters. The van der Waals surface area contributed by atoms with Crippen LogP contribution in [0.25, 0.3) is 0 Å². The Balaban J connectivity index is 1.51. The monoisotopic (exact) mass is 405 g/mol. The van der Waals surface area contributed by atoms with E-state index in [1.54, 1.807) is 12.1 Å². The summed E-state index contributed by atoms with van der Waals surface area (Å²) in [6.07, 6.45) is 3.58. The molecule has 0 saturated carbocycles. The number of carbonyl (C=O) groups is 1. The van der Waals surface area contributed by atoms with Gasteiger partial charge in [-0.3, -0.25) is 9.52 Å². The fourth-order valence-corrected chi connectivity index (χ4v) is 4.15. The van der Waals surface area contributed by atoms with Crippen LogP contribution in [0.15, 0.2) is 48.5 Å². The van der Waals surface area contributed by atoms with Crippen LogP contribution in [0.5, 0.6) is 0 Å². The van der Waals surface area contributed by atoms with E-state index in [9.17, 15) is 17.6 Å². The molecule has 1 aliphatic heterocycles. The van der Waals surface area contributed by atoms with Gasteiger partial charge in [0.1, 0.15) is 11.6 Å². The number of amides is 1. The van der Waals surface area contributed by atoms with Crippen LogP contribution >= 0.6 is 0 Å². The molecular weight excluding hydrogens is 381 g/mol. The molecule has 0 atom stereocenters. The van der Waals surface area contributed by atoms with Gasteiger partial charge in [0.15, 0.2) is 0 Å². The quantitative estimate of drug-likeness (QED) is 0.743. The molecule has 150 valence electrons. The summed E-state index contributed by atoms with van der Waals surface area (Å²) in [5, 5.41) is 2.53. The van der Waals surface area contributed by atoms with Gasteiger partial charge in [0.05, 0.1) is 0 Å². The van der Waals surface area contributed by atoms with E-state index in [2.05, 4.69) is 14.9 Å². The maximum atomic E-state index is 12.9. The fraction of sp³-hybridized carbons (Fsp3) is 0.350. The summed E-state index contributed by atoms with van der Waals surface area (Å²) in [5.41, 5.74) is 2.18. The third-order valence-electron chi connectivity index (χ3n) is 4.59. The molecule has 0 aromatic heterocycles. The Hall–Kier alpha value is -2.61. The van der Waals surface area contributed by atoms with Crippen LogP contribution < -0.4 is 14.9 Å². The minimum Gasteiger partial charge on any atom is -0.372 e. The van der Waals surface area contributed by atoms with Gasteiger partial charge in [-0.1, -0.05) is 12.1 Å². The van der Waals surface area contributed by atoms with Crippen molar-refractivity contribution in [1.82, 2.24) is 5.32 Å². The molecule has 3 rings (SSSR count). The summed E-state index contributed by atoms with van der Waals surface area (Å²) in [6.45, 7) is 2.16. The zero-order chi connectivity index (χ0) is 20.0. The van der Waals surface area contributed by atoms with E-state index >= 15 is 0 Å². The smallest absolute Gasteiger partial charge is 0.241 e. The van der Waals surface area contributed by atoms with Crippen molar-refractivity contribution in [3.63, 3.8) is 0 Å². The molecule has 2 aromatic carbocycles. The van der Waals surface area contributed by atoms with E-state index in [-0.39, 0.29) is 12.4 Å². The molecule has 0 aliphatic carbocycles. The zero-order valence-corrected chi connectivity index (χ0v) is 16.3. The number of carbonyl (C=O) groups excluding carboxylic acids is 1. The van der Waals surface area contributed by atoms with E-state index in [1.807, 2.05) is 12.1 Å². The van der Waals surface area contributed by atoms with Crippen molar-refractivity contribution in [3.05, 3.63) is 59.9 Å². The molecule has 1 fully saturated rings. The molecule has 1 aliphatic rings. The third-order valence-corrected chi connectivity index (χ3v) is 5.77. The second-order valence-corrected chi connectivity index (χ2v) is 8.58. The van der Waals surface area contributed by atoms with Gasteiger partial charge in [0, 0.05) is 31.0 Å². The van der Waals surface area contributed by atoms with Gasteiger partial charge in [-0.15, -0.1) is 0 Å². The lowest BCUT2D eigenvalue weighted by Gasteiger charge is -2.28. The van der Waals surface area contributed by atoms with Gasteiger partial charge in [-0.05, 0) is 61.2 Å². The topological polar surface area (TPSA) is 78.5 Å². The van der Waals surface area contributed by atoms with E-state index in [0.29, 0.717) is 11.3 Å². The predicted molar refractivity (Wildman–Crippen MR) is 108 cm³/mol. The highest BCUT2D eigenvalue weighted by molar-refractivity contribution is 7.93. The molecule has 0 bridgehead atoms. The van der Waals surface area contributed by atoms with Crippen molar-refractivity contribution in [3.8, 4) is 0 Å². The fourth-order valence-electron chi connectivity index (χ4n) is 3.13. The number of nitrogens with zero attached hydrogens (tertiary/aromatic N) is 1. The van der Waals surface area contributed by atoms with Crippen molar-refractivity contribution in [2.24, 2.45) is 0 Å². The lowest BCUT2D eigenvalue weighted by Crippen LogP contribution is -2.32. The van der Waals surface area contributed by atoms with Crippen LogP contribution in [0.3, 0.4) is 0 Å². The summed E-state index contributed by atoms with van der Waals surface area (Å²) in [5.74, 6) is -1.67. The largest absolute Gasteiger partial charge is 0.372 e. The Kier molecular flexibility index (Phi) is 6.51. The number of rotatable bonds is 7. The van der Waals surface area contributed by atoms with Crippen molar-refractivity contribution in [1.29, 1.82) is 0 Å². The van der Waals surface area contributed by atoms with Crippen molar-refractivity contribution >= 4 is 27.3 Å². The van der Waals surface area contributed by atoms with E-state index in [4.69, 9.17) is 0 Å². The van der Waals surface area contributed by atoms with Crippen molar-refractivity contribution in [2.45, 2.75) is 25.8 Å². The normalized spacial score (nSPS) is 14.5. The number of hydrogen-bond acceptors (Lipinski definition) is 4. The van der Waals surface area contributed by atoms with Crippen LogP contribution in [-0.2, 0) is 21.4 Å². The van der Waals surface area contributed by atoms with Gasteiger partial charge < -0.3 is 10.2 Å². The second-order valence-electron chi connectivity index (χ2n) is 6.86. The summed E-state index contributed by atoms with van der Waals surface area (Å²) in [7, 11) is -3.82. The van der Waals surface area contributed by atoms with E-state index < -0.39 is 21.7 Å². The van der Waals surface area contributed by atoms with Crippen molar-refractivity contribution in [2.75, 3.05) is 28.5 Å². The number of hydrogen-bond donors (Lipinski definition) is 2. The van der Waals surface area contributed by atoms with Crippen LogP contribution in [-0.4, -0.2) is 33.2 Å². The first-order valence-corrected chi connectivity index (χ1v) is 10.9. The van der Waals surface area contributed by atoms with E-state index in [1.165, 1.54) is 43.5 Å². The number of nitrogens with one attached hydrogen (secondary N) is 2. The average molecular weight is 405 g/mol. The molecule has 1 amide bonds. The first-order chi connectivity index (χ1) is 13.4. The first-order valence-electron chi connectivity index (χ1n) is 9.28. The second kappa shape index (κ2) is 9.05. The molecule has 0 radical (unpaired) electrons. The highest BCUT2D eigenvalue weighted by atomic mass is 32.2. The summed E-state index contributed by atoms with van der Waals surface area (Å²) in [4.78, 5) is 14.2. The van der Waals surface area contributed by atoms with Crippen molar-refractivity contribution < 1.29 is 17.6 Å². The molecule has 6 nitrogen and oxygen atoms in total. The maximum Gasteiger partial charge on any atom is 0.241 e. The number of piperidine rings is 1. The van der Waals surface area contributed by atoms with Crippen LogP contribution in [0.2, 0.25) is 0 Å². The lowest BCUT2D eigenvalue weighted by molar-refractivity contribution is -0.118. The number of anilines is 2. The molecule has 28 heavy (non-hydrogen) atoms. The summed E-state index contributed by atoms with van der Waals surface area (Å²) < 4.78 is 39.7. The standard InChI is InChI=1S/C20H24FN3O3S/c21-17-6-4-16(5-7-17)14-22-20(25)15-28(26,27)23-18-8-10-19(11-9-18)24-12-2-1-3-13-24/h4-11,23H,1-3,12-15H2,(H,22,25). The van der Waals surface area contributed by atoms with E-state index in [0.717, 1.165) is 18.8 Å². The lowest BCUT2D eigenvalue weighted by atomic mass is 10.1. The van der Waals surface area contributed by atoms with Gasteiger partial charge in [0.25, 0.3) is 0 Å². The van der Waals surface area contributed by atoms with Gasteiger partial charge in [-0.2, -0.15) is 0 Å². The Morgan fingerprint density at radius 2 is 1.61 bits per heavy atom. The van der Waals surface area contributed by atoms with Gasteiger partial charge in [-0.25, -0.2) is 12.8 Å². The Morgan fingerprint density at radius 3 is 2.25 bits per heavy atom. The maximum absolute atomic E-state index is 12.9. The van der Waals surface area contributed by atoms with Crippen LogP contribution in [0, 0.1) is 5.82 Å². The summed E-state index contributed by atoms with van der Waals surface area (Å²) in [6, 6.07) is 12.8. The molecule has 0 spiro atoms. The number of sulfonamides is 1. The first kappa shape index (κ1) is 20.1. The molecule has 1 saturated heterocycles. The Labute approximate surface area is 164 Å². The van der Waals surface area contributed by atoms with Gasteiger partial charge >= 0.3 is 0 Å². The van der Waals surface area contributed by atoms with Gasteiger partial charge in [0.2, 0.25) is 15.9 Å². The van der Waals surface area contributed by atoms with Crippen LogP contribution in [0.4, 0.5) is 15.8 Å². The molecule has 1 heterocycles. The summed E-state index contributed by atoms with van der Waals surface area (Å²) >= 11 is 0. The molecule has 2 N–H and O–H groups in total.